The van der Waals surface area contributed by atoms with Gasteiger partial charge in [0.25, 0.3) is 0 Å². The minimum atomic E-state index is -0.364. The fourth-order valence-electron chi connectivity index (χ4n) is 2.01. The summed E-state index contributed by atoms with van der Waals surface area (Å²) in [4.78, 5) is 26.5. The average molecular weight is 344 g/mol. The predicted octanol–water partition coefficient (Wildman–Crippen LogP) is 1.92. The fraction of sp³-hybridized carbons (Fsp3) is 0.385. The van der Waals surface area contributed by atoms with Crippen molar-refractivity contribution in [3.05, 3.63) is 34.1 Å². The first-order chi connectivity index (χ1) is 9.49. The van der Waals surface area contributed by atoms with E-state index < -0.39 is 0 Å². The fourth-order valence-corrected chi connectivity index (χ4v) is 2.53. The first kappa shape index (κ1) is 14.8. The Morgan fingerprint density at radius 3 is 2.80 bits per heavy atom. The van der Waals surface area contributed by atoms with Crippen molar-refractivity contribution in [3.8, 4) is 0 Å². The second-order valence-corrected chi connectivity index (χ2v) is 5.44. The van der Waals surface area contributed by atoms with Crippen LogP contribution in [-0.2, 0) is 11.3 Å². The van der Waals surface area contributed by atoms with E-state index in [4.69, 9.17) is 0 Å². The van der Waals surface area contributed by atoms with Crippen LogP contribution in [0.2, 0.25) is 0 Å². The maximum Gasteiger partial charge on any atom is 0.319 e. The zero-order valence-corrected chi connectivity index (χ0v) is 12.6. The summed E-state index contributed by atoms with van der Waals surface area (Å²) in [6.07, 6.45) is 0. The van der Waals surface area contributed by atoms with Gasteiger partial charge in [0.2, 0.25) is 5.91 Å². The van der Waals surface area contributed by atoms with Crippen molar-refractivity contribution in [2.45, 2.75) is 13.5 Å². The lowest BCUT2D eigenvalue weighted by molar-refractivity contribution is -0.126. The summed E-state index contributed by atoms with van der Waals surface area (Å²) in [6, 6.07) is 4.12. The molecule has 1 aliphatic rings. The van der Waals surface area contributed by atoms with Gasteiger partial charge in [-0.3, -0.25) is 9.69 Å². The molecule has 1 saturated heterocycles. The molecule has 108 valence electrons. The van der Waals surface area contributed by atoms with Gasteiger partial charge in [-0.1, -0.05) is 15.9 Å². The second kappa shape index (κ2) is 6.21. The number of benzene rings is 1. The van der Waals surface area contributed by atoms with Crippen LogP contribution in [0.15, 0.2) is 22.7 Å². The molecule has 1 aromatic carbocycles. The molecule has 5 nitrogen and oxygen atoms in total. The van der Waals surface area contributed by atoms with Gasteiger partial charge in [-0.05, 0) is 30.7 Å². The number of halogens is 2. The van der Waals surface area contributed by atoms with Crippen molar-refractivity contribution >= 4 is 27.9 Å². The highest BCUT2D eigenvalue weighted by Crippen LogP contribution is 2.15. The van der Waals surface area contributed by atoms with Gasteiger partial charge in [0, 0.05) is 17.6 Å². The van der Waals surface area contributed by atoms with E-state index in [1.807, 2.05) is 6.92 Å². The summed E-state index contributed by atoms with van der Waals surface area (Å²) in [6.45, 7) is 3.05. The number of rotatable bonds is 3. The number of hydrogen-bond donors (Lipinski definition) is 1. The van der Waals surface area contributed by atoms with E-state index in [-0.39, 0.29) is 30.8 Å². The Morgan fingerprint density at radius 1 is 1.45 bits per heavy atom. The Labute approximate surface area is 124 Å². The smallest absolute Gasteiger partial charge is 0.319 e. The number of nitrogens with one attached hydrogen (secondary N) is 1. The lowest BCUT2D eigenvalue weighted by Crippen LogP contribution is -2.39. The molecule has 7 heteroatoms. The van der Waals surface area contributed by atoms with Crippen LogP contribution in [0, 0.1) is 5.82 Å². The summed E-state index contributed by atoms with van der Waals surface area (Å²) in [5.41, 5.74) is 0.656. The molecule has 1 aliphatic heterocycles. The molecule has 2 rings (SSSR count). The highest BCUT2D eigenvalue weighted by Gasteiger charge is 2.29. The molecule has 3 amide bonds. The van der Waals surface area contributed by atoms with Gasteiger partial charge in [-0.25, -0.2) is 9.18 Å². The van der Waals surface area contributed by atoms with Gasteiger partial charge in [-0.2, -0.15) is 0 Å². The van der Waals surface area contributed by atoms with Crippen LogP contribution >= 0.6 is 15.9 Å². The summed E-state index contributed by atoms with van der Waals surface area (Å²) in [5, 5.41) is 2.68. The van der Waals surface area contributed by atoms with E-state index in [9.17, 15) is 14.0 Å². The standard InChI is InChI=1S/C13H15BrFN3O2/c1-2-17-8-18(7-12(17)19)13(20)16-6-9-3-10(14)5-11(15)4-9/h3-5H,2,6-8H2,1H3,(H,16,20). The third-order valence-corrected chi connectivity index (χ3v) is 3.51. The number of carbonyl (C=O) groups excluding carboxylic acids is 2. The number of likely N-dealkylation sites (N-methyl/N-ethyl adjacent to an activating group) is 1. The average Bonchev–Trinajstić information content (AvgIpc) is 2.76. The Hall–Kier alpha value is -1.63. The molecule has 0 radical (unpaired) electrons. The number of urea groups is 1. The van der Waals surface area contributed by atoms with E-state index in [0.29, 0.717) is 23.2 Å². The van der Waals surface area contributed by atoms with E-state index >= 15 is 0 Å². The summed E-state index contributed by atoms with van der Waals surface area (Å²) in [7, 11) is 0. The first-order valence-electron chi connectivity index (χ1n) is 6.25. The van der Waals surface area contributed by atoms with Crippen molar-refractivity contribution in [2.75, 3.05) is 19.8 Å². The molecule has 20 heavy (non-hydrogen) atoms. The normalized spacial score (nSPS) is 14.8. The Bertz CT molecular complexity index is 518. The molecular weight excluding hydrogens is 329 g/mol. The summed E-state index contributed by atoms with van der Waals surface area (Å²) < 4.78 is 13.8. The van der Waals surface area contributed by atoms with Crippen molar-refractivity contribution < 1.29 is 14.0 Å². The van der Waals surface area contributed by atoms with Crippen LogP contribution in [0.25, 0.3) is 0 Å². The minimum absolute atomic E-state index is 0.0591. The third-order valence-electron chi connectivity index (χ3n) is 3.06. The lowest BCUT2D eigenvalue weighted by Gasteiger charge is -2.17. The van der Waals surface area contributed by atoms with Gasteiger partial charge >= 0.3 is 6.03 Å². The SMILES string of the molecule is CCN1CN(C(=O)NCc2cc(F)cc(Br)c2)CC1=O. The quantitative estimate of drug-likeness (QED) is 0.911. The van der Waals surface area contributed by atoms with Crippen molar-refractivity contribution in [1.82, 2.24) is 15.1 Å². The Morgan fingerprint density at radius 2 is 2.20 bits per heavy atom. The second-order valence-electron chi connectivity index (χ2n) is 4.53. The molecule has 1 N–H and O–H groups in total. The number of hydrogen-bond acceptors (Lipinski definition) is 2. The predicted molar refractivity (Wildman–Crippen MR) is 75.3 cm³/mol. The molecular formula is C13H15BrFN3O2. The van der Waals surface area contributed by atoms with Crippen molar-refractivity contribution in [3.63, 3.8) is 0 Å². The van der Waals surface area contributed by atoms with Crippen molar-refractivity contribution in [1.29, 1.82) is 0 Å². The van der Waals surface area contributed by atoms with Gasteiger partial charge < -0.3 is 10.2 Å². The summed E-state index contributed by atoms with van der Waals surface area (Å²) >= 11 is 3.20. The van der Waals surface area contributed by atoms with Crippen LogP contribution in [0.5, 0.6) is 0 Å². The molecule has 0 saturated carbocycles. The van der Waals surface area contributed by atoms with Gasteiger partial charge in [0.1, 0.15) is 12.4 Å². The molecule has 1 aromatic rings. The maximum absolute atomic E-state index is 13.2. The van der Waals surface area contributed by atoms with E-state index in [2.05, 4.69) is 21.2 Å². The minimum Gasteiger partial charge on any atom is -0.334 e. The van der Waals surface area contributed by atoms with Gasteiger partial charge in [0.05, 0.1) is 6.67 Å². The van der Waals surface area contributed by atoms with Crippen LogP contribution in [0.1, 0.15) is 12.5 Å². The summed E-state index contributed by atoms with van der Waals surface area (Å²) in [5.74, 6) is -0.423. The zero-order valence-electron chi connectivity index (χ0n) is 11.0. The molecule has 0 aliphatic carbocycles. The molecule has 0 spiro atoms. The van der Waals surface area contributed by atoms with Gasteiger partial charge in [0.15, 0.2) is 0 Å². The molecule has 0 atom stereocenters. The zero-order chi connectivity index (χ0) is 14.7. The number of nitrogens with zero attached hydrogens (tertiary/aromatic N) is 2. The van der Waals surface area contributed by atoms with Crippen LogP contribution < -0.4 is 5.32 Å². The highest BCUT2D eigenvalue weighted by atomic mass is 79.9. The van der Waals surface area contributed by atoms with E-state index in [1.165, 1.54) is 17.0 Å². The molecule has 1 heterocycles. The topological polar surface area (TPSA) is 52.6 Å². The van der Waals surface area contributed by atoms with E-state index in [0.717, 1.165) is 0 Å². The number of carbonyl (C=O) groups is 2. The number of amides is 3. The maximum atomic E-state index is 13.2. The Balaban J connectivity index is 1.91. The Kier molecular flexibility index (Phi) is 4.59. The first-order valence-corrected chi connectivity index (χ1v) is 7.04. The monoisotopic (exact) mass is 343 g/mol. The largest absolute Gasteiger partial charge is 0.334 e. The highest BCUT2D eigenvalue weighted by molar-refractivity contribution is 9.10. The molecule has 0 aromatic heterocycles. The van der Waals surface area contributed by atoms with Crippen molar-refractivity contribution in [2.24, 2.45) is 0 Å². The lowest BCUT2D eigenvalue weighted by atomic mass is 10.2. The van der Waals surface area contributed by atoms with Crippen LogP contribution in [-0.4, -0.2) is 41.5 Å². The van der Waals surface area contributed by atoms with Gasteiger partial charge in [-0.15, -0.1) is 0 Å². The molecule has 1 fully saturated rings. The van der Waals surface area contributed by atoms with Crippen LogP contribution in [0.4, 0.5) is 9.18 Å². The molecule has 0 bridgehead atoms. The van der Waals surface area contributed by atoms with E-state index in [1.54, 1.807) is 11.0 Å². The third kappa shape index (κ3) is 3.47. The molecule has 0 unspecified atom stereocenters. The van der Waals surface area contributed by atoms with Crippen LogP contribution in [0.3, 0.4) is 0 Å².